The number of fused-ring (bicyclic) bond motifs is 4. The van der Waals surface area contributed by atoms with Crippen molar-refractivity contribution in [1.29, 1.82) is 0 Å². The third-order valence-electron chi connectivity index (χ3n) is 5.59. The number of nitrogens with zero attached hydrogens (tertiary/aromatic N) is 2. The number of para-hydroxylation sites is 1. The fourth-order valence-electron chi connectivity index (χ4n) is 4.14. The molecule has 0 bridgehead atoms. The molecule has 1 atom stereocenters. The van der Waals surface area contributed by atoms with Crippen molar-refractivity contribution in [2.24, 2.45) is 14.1 Å². The fraction of sp³-hybridized carbons (Fsp3) is 0.136. The molecule has 2 aromatic heterocycles. The maximum Gasteiger partial charge on any atom is 0.332 e. The maximum absolute atomic E-state index is 13.6. The summed E-state index contributed by atoms with van der Waals surface area (Å²) in [6.07, 6.45) is 0. The first-order valence-electron chi connectivity index (χ1n) is 9.26. The molecular weight excluding hydrogens is 368 g/mol. The minimum atomic E-state index is -0.828. The zero-order valence-electron chi connectivity index (χ0n) is 15.9. The molecule has 0 fully saturated rings. The van der Waals surface area contributed by atoms with Crippen LogP contribution in [0.1, 0.15) is 27.4 Å². The first-order chi connectivity index (χ1) is 14.0. The Labute approximate surface area is 165 Å². The van der Waals surface area contributed by atoms with E-state index in [9.17, 15) is 14.4 Å². The second-order valence-corrected chi connectivity index (χ2v) is 7.22. The number of nitrogens with one attached hydrogen (secondary N) is 2. The average Bonchev–Trinajstić information content (AvgIpc) is 3.13. The highest BCUT2D eigenvalue weighted by atomic mass is 16.2. The van der Waals surface area contributed by atoms with Crippen LogP contribution in [0.2, 0.25) is 0 Å². The molecule has 0 saturated heterocycles. The van der Waals surface area contributed by atoms with Crippen molar-refractivity contribution in [1.82, 2.24) is 14.1 Å². The first-order valence-corrected chi connectivity index (χ1v) is 9.26. The summed E-state index contributed by atoms with van der Waals surface area (Å²) < 4.78 is 2.42. The molecule has 0 saturated carbocycles. The monoisotopic (exact) mass is 386 g/mol. The van der Waals surface area contributed by atoms with Crippen LogP contribution in [-0.4, -0.2) is 19.9 Å². The number of ketones is 1. The van der Waals surface area contributed by atoms with Crippen LogP contribution in [0.3, 0.4) is 0 Å². The van der Waals surface area contributed by atoms with Crippen LogP contribution < -0.4 is 16.6 Å². The van der Waals surface area contributed by atoms with E-state index >= 15 is 0 Å². The van der Waals surface area contributed by atoms with Crippen molar-refractivity contribution in [3.05, 3.63) is 92.1 Å². The lowest BCUT2D eigenvalue weighted by Gasteiger charge is -2.27. The van der Waals surface area contributed by atoms with E-state index in [0.29, 0.717) is 17.2 Å². The zero-order valence-corrected chi connectivity index (χ0v) is 15.9. The minimum Gasteiger partial charge on any atom is -0.341 e. The first kappa shape index (κ1) is 17.2. The Morgan fingerprint density at radius 3 is 2.34 bits per heavy atom. The summed E-state index contributed by atoms with van der Waals surface area (Å²) in [4.78, 5) is 42.6. The molecule has 7 nitrogen and oxygen atoms in total. The Kier molecular flexibility index (Phi) is 3.61. The lowest BCUT2D eigenvalue weighted by atomic mass is 9.83. The summed E-state index contributed by atoms with van der Waals surface area (Å²) in [6.45, 7) is 0. The topological polar surface area (TPSA) is 88.9 Å². The van der Waals surface area contributed by atoms with E-state index in [-0.39, 0.29) is 11.3 Å². The Balaban J connectivity index is 1.89. The number of Topliss-reactive ketones (excluding diaryl/α,β-unsaturated/α-hetero) is 1. The third kappa shape index (κ3) is 2.34. The number of carbonyl (C=O) groups is 1. The Morgan fingerprint density at radius 1 is 0.897 bits per heavy atom. The van der Waals surface area contributed by atoms with Crippen molar-refractivity contribution in [2.45, 2.75) is 5.92 Å². The fourth-order valence-corrected chi connectivity index (χ4v) is 4.14. The van der Waals surface area contributed by atoms with Gasteiger partial charge in [0.2, 0.25) is 0 Å². The summed E-state index contributed by atoms with van der Waals surface area (Å²) in [6, 6.07) is 16.6. The van der Waals surface area contributed by atoms with E-state index < -0.39 is 17.2 Å². The van der Waals surface area contributed by atoms with Gasteiger partial charge in [-0.2, -0.15) is 0 Å². The van der Waals surface area contributed by atoms with Gasteiger partial charge in [0.1, 0.15) is 11.6 Å². The summed E-state index contributed by atoms with van der Waals surface area (Å²) in [5.41, 5.74) is 1.44. The molecule has 7 heteroatoms. The predicted molar refractivity (Wildman–Crippen MR) is 111 cm³/mol. The second kappa shape index (κ2) is 6.07. The zero-order chi connectivity index (χ0) is 20.3. The largest absolute Gasteiger partial charge is 0.341 e. The Morgan fingerprint density at radius 2 is 1.59 bits per heavy atom. The minimum absolute atomic E-state index is 0.185. The van der Waals surface area contributed by atoms with Crippen molar-refractivity contribution >= 4 is 28.3 Å². The number of carbonyl (C=O) groups excluding carboxylic acids is 1. The third-order valence-corrected chi connectivity index (χ3v) is 5.59. The van der Waals surface area contributed by atoms with Gasteiger partial charge in [-0.15, -0.1) is 0 Å². The van der Waals surface area contributed by atoms with E-state index in [0.717, 1.165) is 21.0 Å². The van der Waals surface area contributed by atoms with E-state index in [2.05, 4.69) is 10.3 Å². The molecule has 5 rings (SSSR count). The number of anilines is 2. The molecule has 0 spiro atoms. The maximum atomic E-state index is 13.6. The lowest BCUT2D eigenvalue weighted by molar-refractivity contribution is 0.0973. The summed E-state index contributed by atoms with van der Waals surface area (Å²) in [7, 11) is 3.02. The van der Waals surface area contributed by atoms with Crippen LogP contribution in [0.5, 0.6) is 0 Å². The SMILES string of the molecule is Cn1c2c(c(=O)n(C)c1=O)C(C(=O)c1ccccc1)c1c([nH]c3ccccc13)N2. The smallest absolute Gasteiger partial charge is 0.332 e. The van der Waals surface area contributed by atoms with Crippen molar-refractivity contribution < 1.29 is 4.79 Å². The summed E-state index contributed by atoms with van der Waals surface area (Å²) in [5, 5.41) is 4.05. The standard InChI is InChI=1S/C22H18N4O3/c1-25-20-17(21(28)26(2)22(25)29)16(18(27)12-8-4-3-5-9-12)15-13-10-6-7-11-14(13)23-19(15)24-20/h3-11,16,23-24H,1-2H3. The number of H-pyrrole nitrogens is 1. The van der Waals surface area contributed by atoms with Crippen LogP contribution in [0.4, 0.5) is 11.6 Å². The average molecular weight is 386 g/mol. The Bertz CT molecular complexity index is 1410. The molecule has 2 aromatic carbocycles. The summed E-state index contributed by atoms with van der Waals surface area (Å²) in [5.74, 6) is -0.0527. The molecule has 29 heavy (non-hydrogen) atoms. The van der Waals surface area contributed by atoms with Crippen LogP contribution in [-0.2, 0) is 14.1 Å². The molecule has 144 valence electrons. The molecule has 0 aliphatic carbocycles. The molecule has 2 N–H and O–H groups in total. The molecule has 0 amide bonds. The van der Waals surface area contributed by atoms with Crippen LogP contribution in [0.25, 0.3) is 10.9 Å². The highest BCUT2D eigenvalue weighted by Gasteiger charge is 2.38. The van der Waals surface area contributed by atoms with Gasteiger partial charge >= 0.3 is 5.69 Å². The van der Waals surface area contributed by atoms with Crippen LogP contribution in [0.15, 0.2) is 64.2 Å². The van der Waals surface area contributed by atoms with Gasteiger partial charge in [0.05, 0.1) is 11.5 Å². The number of aromatic nitrogens is 3. The van der Waals surface area contributed by atoms with Crippen molar-refractivity contribution in [3.63, 3.8) is 0 Å². The normalized spacial score (nSPS) is 14.9. The van der Waals surface area contributed by atoms with Crippen LogP contribution >= 0.6 is 0 Å². The van der Waals surface area contributed by atoms with E-state index in [1.807, 2.05) is 30.3 Å². The molecule has 0 radical (unpaired) electrons. The predicted octanol–water partition coefficient (Wildman–Crippen LogP) is 2.64. The van der Waals surface area contributed by atoms with Gasteiger partial charge in [-0.1, -0.05) is 48.5 Å². The lowest BCUT2D eigenvalue weighted by Crippen LogP contribution is -2.43. The molecule has 3 heterocycles. The molecule has 1 unspecified atom stereocenters. The molecule has 4 aromatic rings. The van der Waals surface area contributed by atoms with Gasteiger partial charge in [-0.25, -0.2) is 4.79 Å². The number of rotatable bonds is 2. The number of hydrogen-bond acceptors (Lipinski definition) is 4. The highest BCUT2D eigenvalue weighted by Crippen LogP contribution is 2.44. The van der Waals surface area contributed by atoms with Crippen molar-refractivity contribution in [3.8, 4) is 0 Å². The highest BCUT2D eigenvalue weighted by molar-refractivity contribution is 6.09. The quantitative estimate of drug-likeness (QED) is 0.519. The van der Waals surface area contributed by atoms with E-state index in [1.54, 1.807) is 31.3 Å². The number of aromatic amines is 1. The van der Waals surface area contributed by atoms with E-state index in [4.69, 9.17) is 0 Å². The Hall–Kier alpha value is -3.87. The molecule has 1 aliphatic rings. The number of benzene rings is 2. The summed E-state index contributed by atoms with van der Waals surface area (Å²) >= 11 is 0. The van der Waals surface area contributed by atoms with Crippen LogP contribution in [0, 0.1) is 0 Å². The van der Waals surface area contributed by atoms with E-state index in [1.165, 1.54) is 11.6 Å². The van der Waals surface area contributed by atoms with Gasteiger partial charge in [0.15, 0.2) is 5.78 Å². The molecule has 1 aliphatic heterocycles. The van der Waals surface area contributed by atoms with Gasteiger partial charge in [-0.3, -0.25) is 18.7 Å². The van der Waals surface area contributed by atoms with Gasteiger partial charge in [-0.05, 0) is 6.07 Å². The van der Waals surface area contributed by atoms with Crippen molar-refractivity contribution in [2.75, 3.05) is 5.32 Å². The number of hydrogen-bond donors (Lipinski definition) is 2. The molecular formula is C22H18N4O3. The van der Waals surface area contributed by atoms with Gasteiger partial charge in [0, 0.05) is 36.1 Å². The van der Waals surface area contributed by atoms with Gasteiger partial charge < -0.3 is 10.3 Å². The second-order valence-electron chi connectivity index (χ2n) is 7.22. The van der Waals surface area contributed by atoms with Gasteiger partial charge in [0.25, 0.3) is 5.56 Å².